The first-order valence-electron chi connectivity index (χ1n) is 5.81. The number of aromatic amines is 1. The van der Waals surface area contributed by atoms with Crippen LogP contribution < -0.4 is 11.2 Å². The topological polar surface area (TPSA) is 125 Å². The fourth-order valence-electron chi connectivity index (χ4n) is 1.37. The molecule has 23 heavy (non-hydrogen) atoms. The SMILES string of the molecule is C=P(=O)OP(=O)(C/C=C/Cn1cc(Cl)c(=O)[nH]c1=O)OP(=C)=O. The van der Waals surface area contributed by atoms with Gasteiger partial charge in [-0.3, -0.25) is 28.0 Å². The molecule has 0 saturated heterocycles. The molecule has 0 radical (unpaired) electrons. The maximum atomic E-state index is 12.1. The fraction of sp³-hybridized carbons (Fsp3) is 0.200. The fourth-order valence-corrected chi connectivity index (χ4v) is 5.08. The zero-order valence-corrected chi connectivity index (χ0v) is 15.0. The Hall–Kier alpha value is -1.20. The first-order valence-corrected chi connectivity index (χ1v) is 10.6. The van der Waals surface area contributed by atoms with E-state index in [-0.39, 0.29) is 17.7 Å². The quantitative estimate of drug-likeness (QED) is 0.524. The number of nitrogens with zero attached hydrogens (tertiary/aromatic N) is 1. The minimum atomic E-state index is -3.93. The molecule has 0 saturated carbocycles. The number of H-pyrrole nitrogens is 1. The van der Waals surface area contributed by atoms with Crippen molar-refractivity contribution in [2.45, 2.75) is 6.54 Å². The molecule has 1 aromatic rings. The first kappa shape index (κ1) is 19.8. The van der Waals surface area contributed by atoms with Crippen molar-refractivity contribution < 1.29 is 22.3 Å². The minimum absolute atomic E-state index is 0.00234. The molecule has 0 amide bonds. The third kappa shape index (κ3) is 6.83. The van der Waals surface area contributed by atoms with Crippen molar-refractivity contribution in [2.75, 3.05) is 6.16 Å². The Morgan fingerprint density at radius 1 is 1.26 bits per heavy atom. The Morgan fingerprint density at radius 3 is 2.35 bits per heavy atom. The van der Waals surface area contributed by atoms with Crippen molar-refractivity contribution in [1.82, 2.24) is 9.55 Å². The van der Waals surface area contributed by atoms with Crippen molar-refractivity contribution in [3.63, 3.8) is 0 Å². The number of allylic oxidation sites excluding steroid dienone is 2. The monoisotopic (exact) mass is 400 g/mol. The van der Waals surface area contributed by atoms with Gasteiger partial charge in [-0.25, -0.2) is 13.4 Å². The standard InChI is InChI=1S/C10H12ClN2O7P3/c1-21(16)19-23(18,20-22(2)17)6-4-3-5-13-7-8(11)9(14)12-10(13)15/h3-4,7H,1-2,5-6H2,(H,12,14,15)/b4-3+. The predicted molar refractivity (Wildman–Crippen MR) is 89.6 cm³/mol. The Bertz CT molecular complexity index is 866. The lowest BCUT2D eigenvalue weighted by Gasteiger charge is -2.09. The summed E-state index contributed by atoms with van der Waals surface area (Å²) >= 11 is 5.59. The predicted octanol–water partition coefficient (Wildman–Crippen LogP) is 2.32. The Labute approximate surface area is 136 Å². The van der Waals surface area contributed by atoms with E-state index in [0.29, 0.717) is 0 Å². The molecular weight excluding hydrogens is 388 g/mol. The van der Waals surface area contributed by atoms with Crippen LogP contribution in [0.25, 0.3) is 0 Å². The van der Waals surface area contributed by atoms with Crippen LogP contribution in [0.3, 0.4) is 0 Å². The van der Waals surface area contributed by atoms with Gasteiger partial charge in [0.15, 0.2) is 0 Å². The van der Waals surface area contributed by atoms with Crippen molar-refractivity contribution >= 4 is 47.1 Å². The van der Waals surface area contributed by atoms with Crippen LogP contribution in [0, 0.1) is 0 Å². The smallest absolute Gasteiger partial charge is 0.295 e. The van der Waals surface area contributed by atoms with E-state index < -0.39 is 34.1 Å². The molecule has 1 rings (SSSR count). The second-order valence-corrected chi connectivity index (χ2v) is 8.61. The number of hydrogen-bond donors (Lipinski definition) is 1. The van der Waals surface area contributed by atoms with E-state index in [0.717, 1.165) is 10.8 Å². The second kappa shape index (κ2) is 8.60. The average molecular weight is 401 g/mol. The molecule has 0 aliphatic heterocycles. The van der Waals surface area contributed by atoms with Crippen LogP contribution in [0.1, 0.15) is 0 Å². The van der Waals surface area contributed by atoms with Crippen molar-refractivity contribution in [3.05, 3.63) is 44.2 Å². The number of halogens is 1. The van der Waals surface area contributed by atoms with E-state index in [9.17, 15) is 23.3 Å². The molecule has 0 fully saturated rings. The number of hydrogen-bond acceptors (Lipinski definition) is 7. The highest BCUT2D eigenvalue weighted by molar-refractivity contribution is 7.66. The largest absolute Gasteiger partial charge is 0.354 e. The van der Waals surface area contributed by atoms with Gasteiger partial charge in [0.2, 0.25) is 15.3 Å². The lowest BCUT2D eigenvalue weighted by atomic mass is 10.5. The normalized spacial score (nSPS) is 15.3. The van der Waals surface area contributed by atoms with Crippen molar-refractivity contribution in [2.24, 2.45) is 0 Å². The maximum Gasteiger partial charge on any atom is 0.354 e. The van der Waals surface area contributed by atoms with Gasteiger partial charge in [-0.1, -0.05) is 23.8 Å². The summed E-state index contributed by atoms with van der Waals surface area (Å²) < 4.78 is 44.3. The first-order chi connectivity index (χ1) is 10.6. The minimum Gasteiger partial charge on any atom is -0.295 e. The van der Waals surface area contributed by atoms with Gasteiger partial charge in [0.05, 0.1) is 6.16 Å². The second-order valence-electron chi connectivity index (χ2n) is 3.98. The van der Waals surface area contributed by atoms with Gasteiger partial charge >= 0.3 is 13.3 Å². The van der Waals surface area contributed by atoms with Crippen LogP contribution in [-0.2, 0) is 28.9 Å². The summed E-state index contributed by atoms with van der Waals surface area (Å²) in [6.07, 6.45) is 9.57. The van der Waals surface area contributed by atoms with Crippen LogP contribution in [0.4, 0.5) is 0 Å². The lowest BCUT2D eigenvalue weighted by Crippen LogP contribution is -2.29. The highest BCUT2D eigenvalue weighted by Gasteiger charge is 2.25. The van der Waals surface area contributed by atoms with E-state index in [1.807, 2.05) is 4.98 Å². The molecular formula is C10H12ClN2O7P3. The van der Waals surface area contributed by atoms with Gasteiger partial charge < -0.3 is 0 Å². The summed E-state index contributed by atoms with van der Waals surface area (Å²) in [5.74, 6) is 0. The highest BCUT2D eigenvalue weighted by atomic mass is 35.5. The number of rotatable bonds is 8. The van der Waals surface area contributed by atoms with Crippen LogP contribution in [0.15, 0.2) is 27.9 Å². The molecule has 0 aromatic carbocycles. The summed E-state index contributed by atoms with van der Waals surface area (Å²) in [5.41, 5.74) is -1.39. The van der Waals surface area contributed by atoms with Crippen LogP contribution in [-0.4, -0.2) is 28.3 Å². The van der Waals surface area contributed by atoms with E-state index in [1.165, 1.54) is 12.2 Å². The van der Waals surface area contributed by atoms with Crippen molar-refractivity contribution in [3.8, 4) is 0 Å². The zero-order valence-electron chi connectivity index (χ0n) is 11.6. The molecule has 0 aliphatic carbocycles. The molecule has 1 N–H and O–H groups in total. The summed E-state index contributed by atoms with van der Waals surface area (Å²) in [6.45, 7) is 0.00234. The summed E-state index contributed by atoms with van der Waals surface area (Å²) in [5, 5.41) is -0.168. The third-order valence-corrected chi connectivity index (χ3v) is 6.57. The van der Waals surface area contributed by atoms with Gasteiger partial charge in [-0.2, -0.15) is 0 Å². The number of nitrogens with one attached hydrogen (secondary N) is 1. The van der Waals surface area contributed by atoms with Gasteiger partial charge in [0.1, 0.15) is 5.02 Å². The van der Waals surface area contributed by atoms with E-state index >= 15 is 0 Å². The summed E-state index contributed by atoms with van der Waals surface area (Å²) in [6, 6.07) is 0. The Kier molecular flexibility index (Phi) is 7.42. The molecule has 1 heterocycles. The van der Waals surface area contributed by atoms with E-state index in [1.54, 1.807) is 0 Å². The third-order valence-electron chi connectivity index (χ3n) is 2.20. The molecule has 0 bridgehead atoms. The van der Waals surface area contributed by atoms with Crippen LogP contribution >= 0.6 is 34.5 Å². The Morgan fingerprint density at radius 2 is 1.83 bits per heavy atom. The molecule has 1 aromatic heterocycles. The van der Waals surface area contributed by atoms with Crippen molar-refractivity contribution in [1.29, 1.82) is 0 Å². The molecule has 0 aliphatic rings. The molecule has 126 valence electrons. The molecule has 13 heteroatoms. The molecule has 2 atom stereocenters. The van der Waals surface area contributed by atoms with E-state index in [4.69, 9.17) is 11.6 Å². The summed E-state index contributed by atoms with van der Waals surface area (Å²) in [7, 11) is -8.91. The zero-order chi connectivity index (χ0) is 17.6. The summed E-state index contributed by atoms with van der Waals surface area (Å²) in [4.78, 5) is 24.6. The average Bonchev–Trinajstić information content (AvgIpc) is 2.38. The van der Waals surface area contributed by atoms with Gasteiger partial charge in [0.25, 0.3) is 5.56 Å². The Balaban J connectivity index is 2.84. The highest BCUT2D eigenvalue weighted by Crippen LogP contribution is 2.56. The molecule has 2 unspecified atom stereocenters. The molecule has 0 spiro atoms. The van der Waals surface area contributed by atoms with Crippen LogP contribution in [0.2, 0.25) is 5.02 Å². The molecule has 9 nitrogen and oxygen atoms in total. The number of aromatic nitrogens is 2. The van der Waals surface area contributed by atoms with Crippen LogP contribution in [0.5, 0.6) is 0 Å². The van der Waals surface area contributed by atoms with E-state index in [2.05, 4.69) is 21.2 Å². The van der Waals surface area contributed by atoms with Gasteiger partial charge in [-0.15, -0.1) is 0 Å². The van der Waals surface area contributed by atoms with Gasteiger partial charge in [-0.05, 0) is 12.6 Å². The van der Waals surface area contributed by atoms with Gasteiger partial charge in [0, 0.05) is 12.7 Å². The lowest BCUT2D eigenvalue weighted by molar-refractivity contribution is 0.404. The maximum absolute atomic E-state index is 12.1.